The van der Waals surface area contributed by atoms with E-state index in [-0.39, 0.29) is 0 Å². The van der Waals surface area contributed by atoms with Gasteiger partial charge in [0.05, 0.1) is 77.8 Å². The second-order valence-corrected chi connectivity index (χ2v) is 8.74. The van der Waals surface area contributed by atoms with Crippen molar-refractivity contribution in [2.24, 2.45) is 0 Å². The third-order valence-corrected chi connectivity index (χ3v) is 6.68. The molecule has 0 amide bonds. The Kier molecular flexibility index (Phi) is 13.8. The highest BCUT2D eigenvalue weighted by atomic mass is 32.3. The molecule has 2 unspecified atom stereocenters. The van der Waals surface area contributed by atoms with Crippen molar-refractivity contribution in [1.29, 1.82) is 0 Å². The molecule has 0 aromatic carbocycles. The molecule has 0 saturated carbocycles. The van der Waals surface area contributed by atoms with Crippen LogP contribution in [0.4, 0.5) is 0 Å². The van der Waals surface area contributed by atoms with Crippen molar-refractivity contribution in [1.82, 2.24) is 0 Å². The molecule has 9 heteroatoms. The van der Waals surface area contributed by atoms with Crippen LogP contribution in [0.1, 0.15) is 54.4 Å². The third-order valence-electron chi connectivity index (χ3n) is 6.68. The summed E-state index contributed by atoms with van der Waals surface area (Å²) in [5.74, 6) is 0. The average molecular weight is 441 g/mol. The van der Waals surface area contributed by atoms with Gasteiger partial charge in [0.1, 0.15) is 0 Å². The SMILES string of the molecule is CC[N+](CC)(CC)CCC1CO1.CC[N+](CC)(CC)CCC1CO1.O=S(=O)([O-])[O-]. The number of hydrogen-bond donors (Lipinski definition) is 0. The topological polar surface area (TPSA) is 105 Å². The fraction of sp³-hybridized carbons (Fsp3) is 1.00. The van der Waals surface area contributed by atoms with Crippen LogP contribution in [0.3, 0.4) is 0 Å². The Hall–Kier alpha value is -0.290. The molecule has 0 aliphatic carbocycles. The number of rotatable bonds is 12. The maximum absolute atomic E-state index is 8.52. The van der Waals surface area contributed by atoms with Crippen LogP contribution >= 0.6 is 0 Å². The maximum atomic E-state index is 8.52. The van der Waals surface area contributed by atoms with Gasteiger partial charge < -0.3 is 27.5 Å². The number of nitrogens with zero attached hydrogens (tertiary/aromatic N) is 2. The fourth-order valence-electron chi connectivity index (χ4n) is 3.60. The molecule has 0 radical (unpaired) electrons. The van der Waals surface area contributed by atoms with Crippen LogP contribution in [0.15, 0.2) is 0 Å². The Morgan fingerprint density at radius 2 is 0.897 bits per heavy atom. The molecule has 2 fully saturated rings. The van der Waals surface area contributed by atoms with E-state index in [1.165, 1.54) is 74.2 Å². The van der Waals surface area contributed by atoms with Gasteiger partial charge in [-0.15, -0.1) is 0 Å². The standard InChI is InChI=1S/2C10H22NO.H2O4S/c2*1-4-11(5-2,6-3)8-7-10-9-12-10;1-5(2,3)4/h2*10H,4-9H2,1-3H3;(H2,1,2,3,4)/q2*+1;/p-2. The van der Waals surface area contributed by atoms with Gasteiger partial charge in [-0.05, 0) is 41.5 Å². The average Bonchev–Trinajstić information content (AvgIpc) is 3.58. The van der Waals surface area contributed by atoms with Crippen LogP contribution in [0.2, 0.25) is 0 Å². The second kappa shape index (κ2) is 13.9. The van der Waals surface area contributed by atoms with E-state index in [0.29, 0.717) is 12.2 Å². The van der Waals surface area contributed by atoms with Crippen molar-refractivity contribution >= 4 is 10.4 Å². The van der Waals surface area contributed by atoms with Crippen LogP contribution in [-0.2, 0) is 19.9 Å². The normalized spacial score (nSPS) is 20.8. The Balaban J connectivity index is 0.000000442. The second-order valence-electron chi connectivity index (χ2n) is 7.92. The largest absolute Gasteiger partial charge is 0.759 e. The van der Waals surface area contributed by atoms with Gasteiger partial charge in [0.25, 0.3) is 0 Å². The lowest BCUT2D eigenvalue weighted by Crippen LogP contribution is -2.48. The highest BCUT2D eigenvalue weighted by molar-refractivity contribution is 7.79. The molecule has 2 atom stereocenters. The molecule has 2 aliphatic heterocycles. The molecule has 2 rings (SSSR count). The highest BCUT2D eigenvalue weighted by Gasteiger charge is 2.29. The van der Waals surface area contributed by atoms with Crippen LogP contribution in [0.25, 0.3) is 0 Å². The summed E-state index contributed by atoms with van der Waals surface area (Å²) in [5.41, 5.74) is 0. The molecule has 0 N–H and O–H groups in total. The highest BCUT2D eigenvalue weighted by Crippen LogP contribution is 2.18. The zero-order valence-electron chi connectivity index (χ0n) is 19.4. The van der Waals surface area contributed by atoms with Crippen LogP contribution in [0.5, 0.6) is 0 Å². The van der Waals surface area contributed by atoms with Crippen molar-refractivity contribution < 1.29 is 36.0 Å². The molecule has 29 heavy (non-hydrogen) atoms. The van der Waals surface area contributed by atoms with Gasteiger partial charge in [0.15, 0.2) is 0 Å². The van der Waals surface area contributed by atoms with Gasteiger partial charge in [0, 0.05) is 23.2 Å². The molecular weight excluding hydrogens is 396 g/mol. The van der Waals surface area contributed by atoms with E-state index in [4.69, 9.17) is 27.0 Å². The smallest absolute Gasteiger partial charge is 0.0863 e. The molecule has 0 bridgehead atoms. The molecule has 0 aromatic heterocycles. The molecule has 176 valence electrons. The summed E-state index contributed by atoms with van der Waals surface area (Å²) in [4.78, 5) is 0. The molecule has 2 aliphatic rings. The van der Waals surface area contributed by atoms with E-state index in [2.05, 4.69) is 41.5 Å². The number of hydrogen-bond acceptors (Lipinski definition) is 6. The first kappa shape index (κ1) is 28.7. The van der Waals surface area contributed by atoms with Crippen molar-refractivity contribution in [3.05, 3.63) is 0 Å². The minimum absolute atomic E-state index is 0.604. The third kappa shape index (κ3) is 14.4. The van der Waals surface area contributed by atoms with E-state index in [1.54, 1.807) is 0 Å². The Labute approximate surface area is 178 Å². The zero-order chi connectivity index (χ0) is 22.6. The monoisotopic (exact) mass is 440 g/mol. The van der Waals surface area contributed by atoms with Crippen molar-refractivity contribution in [3.63, 3.8) is 0 Å². The molecule has 2 saturated heterocycles. The Morgan fingerprint density at radius 1 is 0.690 bits per heavy atom. The summed E-state index contributed by atoms with van der Waals surface area (Å²) in [5, 5.41) is 0. The number of quaternary nitrogens is 2. The summed E-state index contributed by atoms with van der Waals surface area (Å²) in [6.07, 6.45) is 3.73. The first-order chi connectivity index (χ1) is 13.5. The lowest BCUT2D eigenvalue weighted by Gasteiger charge is -2.35. The van der Waals surface area contributed by atoms with Crippen molar-refractivity contribution in [2.45, 2.75) is 66.6 Å². The van der Waals surface area contributed by atoms with Gasteiger partial charge in [-0.1, -0.05) is 0 Å². The molecule has 8 nitrogen and oxygen atoms in total. The first-order valence-electron chi connectivity index (χ1n) is 11.1. The van der Waals surface area contributed by atoms with Gasteiger partial charge in [-0.3, -0.25) is 8.42 Å². The summed E-state index contributed by atoms with van der Waals surface area (Å²) in [6, 6.07) is 0. The van der Waals surface area contributed by atoms with Gasteiger partial charge >= 0.3 is 0 Å². The van der Waals surface area contributed by atoms with Gasteiger partial charge in [-0.25, -0.2) is 0 Å². The van der Waals surface area contributed by atoms with Crippen molar-refractivity contribution in [2.75, 3.05) is 65.6 Å². The van der Waals surface area contributed by atoms with E-state index in [0.717, 1.165) is 13.2 Å². The fourth-order valence-corrected chi connectivity index (χ4v) is 3.60. The number of epoxide rings is 2. The zero-order valence-corrected chi connectivity index (χ0v) is 20.2. The van der Waals surface area contributed by atoms with Crippen LogP contribution in [-0.4, -0.2) is 104 Å². The van der Waals surface area contributed by atoms with Crippen LogP contribution < -0.4 is 0 Å². The molecule has 0 aromatic rings. The molecule has 2 heterocycles. The minimum Gasteiger partial charge on any atom is -0.759 e. The van der Waals surface area contributed by atoms with E-state index >= 15 is 0 Å². The van der Waals surface area contributed by atoms with Crippen molar-refractivity contribution in [3.8, 4) is 0 Å². The van der Waals surface area contributed by atoms with Crippen LogP contribution in [0, 0.1) is 0 Å². The summed E-state index contributed by atoms with van der Waals surface area (Å²) in [6.45, 7) is 26.0. The quantitative estimate of drug-likeness (QED) is 0.199. The minimum atomic E-state index is -5.17. The Bertz CT molecular complexity index is 457. The lowest BCUT2D eigenvalue weighted by atomic mass is 10.2. The van der Waals surface area contributed by atoms with E-state index in [9.17, 15) is 0 Å². The molecular formula is C20H44N2O6S. The number of ether oxygens (including phenoxy) is 2. The maximum Gasteiger partial charge on any atom is 0.0863 e. The summed E-state index contributed by atoms with van der Waals surface area (Å²) < 4.78 is 47.1. The summed E-state index contributed by atoms with van der Waals surface area (Å²) in [7, 11) is -5.17. The van der Waals surface area contributed by atoms with E-state index in [1.807, 2.05) is 0 Å². The first-order valence-corrected chi connectivity index (χ1v) is 12.5. The predicted molar refractivity (Wildman–Crippen MR) is 113 cm³/mol. The van der Waals surface area contributed by atoms with Gasteiger partial charge in [0.2, 0.25) is 0 Å². The molecule has 0 spiro atoms. The van der Waals surface area contributed by atoms with E-state index < -0.39 is 10.4 Å². The van der Waals surface area contributed by atoms with Gasteiger partial charge in [-0.2, -0.15) is 0 Å². The Morgan fingerprint density at radius 3 is 1.03 bits per heavy atom. The summed E-state index contributed by atoms with van der Waals surface area (Å²) >= 11 is 0. The predicted octanol–water partition coefficient (Wildman–Crippen LogP) is 1.97. The lowest BCUT2D eigenvalue weighted by molar-refractivity contribution is -0.923.